The summed E-state index contributed by atoms with van der Waals surface area (Å²) >= 11 is 0. The first-order valence-electron chi connectivity index (χ1n) is 8.57. The molecule has 0 saturated carbocycles. The number of ether oxygens (including phenoxy) is 2. The Morgan fingerprint density at radius 3 is 2.56 bits per heavy atom. The number of rotatable bonds is 4. The lowest BCUT2D eigenvalue weighted by Gasteiger charge is -2.34. The number of carbonyl (C=O) groups is 2. The lowest BCUT2D eigenvalue weighted by Crippen LogP contribution is -2.42. The monoisotopic (exact) mass is 350 g/mol. The van der Waals surface area contributed by atoms with Gasteiger partial charge in [-0.15, -0.1) is 0 Å². The Labute approximate surface area is 146 Å². The van der Waals surface area contributed by atoms with Gasteiger partial charge in [-0.05, 0) is 43.7 Å². The molecule has 2 atom stereocenters. The first-order valence-corrected chi connectivity index (χ1v) is 8.57. The van der Waals surface area contributed by atoms with Gasteiger partial charge in [-0.2, -0.15) is 0 Å². The van der Waals surface area contributed by atoms with Gasteiger partial charge in [0.25, 0.3) is 5.91 Å². The number of likely N-dealkylation sites (tertiary alicyclic amines) is 1. The van der Waals surface area contributed by atoms with Crippen LogP contribution in [0.4, 0.5) is 4.39 Å². The summed E-state index contributed by atoms with van der Waals surface area (Å²) in [6, 6.07) is 4.58. The fourth-order valence-corrected chi connectivity index (χ4v) is 3.70. The van der Waals surface area contributed by atoms with Crippen LogP contribution in [0.5, 0.6) is 5.75 Å². The van der Waals surface area contributed by atoms with Crippen LogP contribution in [-0.2, 0) is 9.53 Å². The number of hydrogen-bond acceptors (Lipinski definition) is 4. The topological polar surface area (TPSA) is 81.9 Å². The summed E-state index contributed by atoms with van der Waals surface area (Å²) in [4.78, 5) is 25.5. The summed E-state index contributed by atoms with van der Waals surface area (Å²) in [5, 5.41) is 0. The molecule has 2 saturated heterocycles. The Bertz CT molecular complexity index is 658. The maximum atomic E-state index is 14.3. The average Bonchev–Trinajstić information content (AvgIpc) is 3.12. The summed E-state index contributed by atoms with van der Waals surface area (Å²) in [6.45, 7) is 1.09. The smallest absolute Gasteiger partial charge is 0.256 e. The lowest BCUT2D eigenvalue weighted by molar-refractivity contribution is -0.130. The highest BCUT2D eigenvalue weighted by Gasteiger charge is 2.36. The van der Waals surface area contributed by atoms with Crippen molar-refractivity contribution in [2.45, 2.75) is 37.9 Å². The molecule has 0 aliphatic carbocycles. The van der Waals surface area contributed by atoms with Crippen molar-refractivity contribution in [1.82, 2.24) is 4.90 Å². The number of carbonyl (C=O) groups excluding carboxylic acids is 2. The number of nitrogens with zero attached hydrogens (tertiary/aromatic N) is 1. The minimum absolute atomic E-state index is 0.0170. The van der Waals surface area contributed by atoms with E-state index >= 15 is 0 Å². The van der Waals surface area contributed by atoms with Crippen LogP contribution < -0.4 is 10.5 Å². The fourth-order valence-electron chi connectivity index (χ4n) is 3.70. The molecule has 3 rings (SSSR count). The third kappa shape index (κ3) is 3.61. The minimum atomic E-state index is -0.624. The molecule has 2 fully saturated rings. The zero-order valence-electron chi connectivity index (χ0n) is 14.2. The summed E-state index contributed by atoms with van der Waals surface area (Å²) in [5.41, 5.74) is 5.32. The third-order valence-corrected chi connectivity index (χ3v) is 5.14. The van der Waals surface area contributed by atoms with E-state index in [-0.39, 0.29) is 23.3 Å². The van der Waals surface area contributed by atoms with Gasteiger partial charge < -0.3 is 20.1 Å². The quantitative estimate of drug-likeness (QED) is 0.896. The summed E-state index contributed by atoms with van der Waals surface area (Å²) in [6.07, 6.45) is 2.55. The Kier molecular flexibility index (Phi) is 5.22. The van der Waals surface area contributed by atoms with Crippen LogP contribution in [-0.4, -0.2) is 49.1 Å². The van der Waals surface area contributed by atoms with E-state index < -0.39 is 17.8 Å². The van der Waals surface area contributed by atoms with Gasteiger partial charge in [0.1, 0.15) is 6.10 Å². The molecule has 7 heteroatoms. The van der Waals surface area contributed by atoms with Crippen LogP contribution in [0.1, 0.15) is 36.0 Å². The van der Waals surface area contributed by atoms with E-state index in [1.165, 1.54) is 19.2 Å². The predicted octanol–water partition coefficient (Wildman–Crippen LogP) is 1.72. The molecular formula is C18H23FN2O4. The summed E-state index contributed by atoms with van der Waals surface area (Å²) < 4.78 is 25.0. The van der Waals surface area contributed by atoms with Gasteiger partial charge in [-0.25, -0.2) is 4.39 Å². The second kappa shape index (κ2) is 7.39. The number of amides is 2. The molecule has 0 radical (unpaired) electrons. The average molecular weight is 350 g/mol. The second-order valence-corrected chi connectivity index (χ2v) is 6.59. The molecule has 0 aromatic heterocycles. The van der Waals surface area contributed by atoms with Crippen LogP contribution in [0.2, 0.25) is 0 Å². The van der Waals surface area contributed by atoms with E-state index in [0.29, 0.717) is 25.4 Å². The predicted molar refractivity (Wildman–Crippen MR) is 88.7 cm³/mol. The van der Waals surface area contributed by atoms with Gasteiger partial charge in [0.2, 0.25) is 5.91 Å². The van der Waals surface area contributed by atoms with Gasteiger partial charge in [0, 0.05) is 13.1 Å². The van der Waals surface area contributed by atoms with E-state index in [0.717, 1.165) is 19.3 Å². The molecule has 2 aliphatic rings. The molecule has 2 amide bonds. The lowest BCUT2D eigenvalue weighted by atomic mass is 9.89. The largest absolute Gasteiger partial charge is 0.494 e. The van der Waals surface area contributed by atoms with E-state index in [2.05, 4.69) is 0 Å². The molecule has 25 heavy (non-hydrogen) atoms. The van der Waals surface area contributed by atoms with Gasteiger partial charge in [0.15, 0.2) is 11.6 Å². The Balaban J connectivity index is 1.59. The van der Waals surface area contributed by atoms with E-state index in [4.69, 9.17) is 15.2 Å². The molecule has 2 aliphatic heterocycles. The molecular weight excluding hydrogens is 327 g/mol. The zero-order chi connectivity index (χ0) is 18.0. The van der Waals surface area contributed by atoms with E-state index in [1.807, 2.05) is 0 Å². The molecule has 2 heterocycles. The number of piperidine rings is 1. The van der Waals surface area contributed by atoms with Crippen molar-refractivity contribution in [3.05, 3.63) is 29.6 Å². The molecule has 0 bridgehead atoms. The Hall–Kier alpha value is -2.15. The molecule has 136 valence electrons. The molecule has 1 aromatic rings. The van der Waals surface area contributed by atoms with Crippen LogP contribution in [0, 0.1) is 11.7 Å². The SMILES string of the molecule is COc1cccc(C(=O)N2CCC([C@@H]3CC[C@H](C(N)=O)O3)CC2)c1F. The highest BCUT2D eigenvalue weighted by molar-refractivity contribution is 5.95. The normalized spacial score (nSPS) is 24.3. The zero-order valence-corrected chi connectivity index (χ0v) is 14.2. The number of primary amides is 1. The van der Waals surface area contributed by atoms with E-state index in [1.54, 1.807) is 11.0 Å². The summed E-state index contributed by atoms with van der Waals surface area (Å²) in [5.74, 6) is -0.998. The van der Waals surface area contributed by atoms with Crippen LogP contribution in [0.3, 0.4) is 0 Å². The Morgan fingerprint density at radius 2 is 1.96 bits per heavy atom. The second-order valence-electron chi connectivity index (χ2n) is 6.59. The third-order valence-electron chi connectivity index (χ3n) is 5.14. The molecule has 6 nitrogen and oxygen atoms in total. The van der Waals surface area contributed by atoms with Gasteiger partial charge in [0.05, 0.1) is 18.8 Å². The standard InChI is InChI=1S/C18H23FN2O4/c1-24-14-4-2-3-12(16(14)19)18(23)21-9-7-11(8-10-21)13-5-6-15(25-13)17(20)22/h2-4,11,13,15H,5-10H2,1H3,(H2,20,22)/t13-,15+/m0/s1. The molecule has 2 N–H and O–H groups in total. The van der Waals surface area contributed by atoms with Crippen molar-refractivity contribution < 1.29 is 23.5 Å². The van der Waals surface area contributed by atoms with Gasteiger partial charge in [-0.1, -0.05) is 6.07 Å². The number of hydrogen-bond donors (Lipinski definition) is 1. The molecule has 0 unspecified atom stereocenters. The number of halogens is 1. The van der Waals surface area contributed by atoms with Gasteiger partial charge in [-0.3, -0.25) is 9.59 Å². The number of methoxy groups -OCH3 is 1. The maximum absolute atomic E-state index is 14.3. The number of benzene rings is 1. The highest BCUT2D eigenvalue weighted by atomic mass is 19.1. The minimum Gasteiger partial charge on any atom is -0.494 e. The van der Waals surface area contributed by atoms with Gasteiger partial charge >= 0.3 is 0 Å². The first kappa shape index (κ1) is 17.7. The fraction of sp³-hybridized carbons (Fsp3) is 0.556. The number of nitrogens with two attached hydrogens (primary N) is 1. The van der Waals surface area contributed by atoms with Crippen LogP contribution in [0.25, 0.3) is 0 Å². The first-order chi connectivity index (χ1) is 12.0. The van der Waals surface area contributed by atoms with Crippen LogP contribution >= 0.6 is 0 Å². The highest BCUT2D eigenvalue weighted by Crippen LogP contribution is 2.32. The summed E-state index contributed by atoms with van der Waals surface area (Å²) in [7, 11) is 1.37. The van der Waals surface area contributed by atoms with Crippen molar-refractivity contribution in [3.8, 4) is 5.75 Å². The van der Waals surface area contributed by atoms with E-state index in [9.17, 15) is 14.0 Å². The van der Waals surface area contributed by atoms with Crippen molar-refractivity contribution in [1.29, 1.82) is 0 Å². The van der Waals surface area contributed by atoms with Crippen LogP contribution in [0.15, 0.2) is 18.2 Å². The van der Waals surface area contributed by atoms with Crippen molar-refractivity contribution >= 4 is 11.8 Å². The van der Waals surface area contributed by atoms with Crippen molar-refractivity contribution in [2.24, 2.45) is 11.7 Å². The molecule has 1 aromatic carbocycles. The van der Waals surface area contributed by atoms with Crippen molar-refractivity contribution in [2.75, 3.05) is 20.2 Å². The van der Waals surface area contributed by atoms with Crippen molar-refractivity contribution in [3.63, 3.8) is 0 Å². The maximum Gasteiger partial charge on any atom is 0.256 e. The Morgan fingerprint density at radius 1 is 1.24 bits per heavy atom. The molecule has 0 spiro atoms.